The van der Waals surface area contributed by atoms with Gasteiger partial charge in [-0.15, -0.1) is 12.4 Å². The number of halogens is 2. The molecule has 0 saturated carbocycles. The van der Waals surface area contributed by atoms with Crippen LogP contribution in [-0.4, -0.2) is 51.2 Å². The first kappa shape index (κ1) is 21.9. The summed E-state index contributed by atoms with van der Waals surface area (Å²) in [5.41, 5.74) is 1.50. The van der Waals surface area contributed by atoms with Crippen molar-refractivity contribution in [1.29, 1.82) is 0 Å². The highest BCUT2D eigenvalue weighted by Crippen LogP contribution is 2.30. The van der Waals surface area contributed by atoms with Crippen molar-refractivity contribution >= 4 is 24.0 Å². The van der Waals surface area contributed by atoms with Crippen molar-refractivity contribution in [1.82, 2.24) is 10.2 Å². The molecule has 0 bridgehead atoms. The molecule has 0 spiro atoms. The minimum atomic E-state index is -0.271. The first-order valence-corrected chi connectivity index (χ1v) is 8.83. The van der Waals surface area contributed by atoms with Crippen LogP contribution in [0.5, 0.6) is 11.5 Å². The van der Waals surface area contributed by atoms with E-state index in [2.05, 4.69) is 15.5 Å². The van der Waals surface area contributed by atoms with Crippen molar-refractivity contribution in [3.05, 3.63) is 53.8 Å². The van der Waals surface area contributed by atoms with E-state index in [1.54, 1.807) is 38.5 Å². The van der Waals surface area contributed by atoms with Crippen LogP contribution in [0.3, 0.4) is 0 Å². The number of piperazine rings is 1. The minimum Gasteiger partial charge on any atom is -0.493 e. The number of carbonyl (C=O) groups is 1. The lowest BCUT2D eigenvalue weighted by Gasteiger charge is -2.36. The maximum Gasteiger partial charge on any atom is 0.238 e. The average Bonchev–Trinajstić information content (AvgIpc) is 2.68. The Balaban J connectivity index is 0.00000280. The van der Waals surface area contributed by atoms with Gasteiger partial charge in [-0.1, -0.05) is 12.1 Å². The van der Waals surface area contributed by atoms with Crippen LogP contribution in [0, 0.1) is 5.82 Å². The van der Waals surface area contributed by atoms with Gasteiger partial charge in [0.2, 0.25) is 5.91 Å². The summed E-state index contributed by atoms with van der Waals surface area (Å²) in [5.74, 6) is 0.747. The summed E-state index contributed by atoms with van der Waals surface area (Å²) in [6, 6.07) is 11.7. The van der Waals surface area contributed by atoms with Gasteiger partial charge in [0, 0.05) is 37.4 Å². The Kier molecular flexibility index (Phi) is 8.04. The van der Waals surface area contributed by atoms with Crippen molar-refractivity contribution in [2.75, 3.05) is 45.7 Å². The highest BCUT2D eigenvalue weighted by molar-refractivity contribution is 5.92. The summed E-state index contributed by atoms with van der Waals surface area (Å²) in [7, 11) is 3.11. The molecule has 2 aromatic carbocycles. The van der Waals surface area contributed by atoms with Gasteiger partial charge in [0.05, 0.1) is 20.8 Å². The number of hydrogen-bond donors (Lipinski definition) is 2. The number of nitrogens with zero attached hydrogens (tertiary/aromatic N) is 1. The zero-order valence-corrected chi connectivity index (χ0v) is 16.7. The van der Waals surface area contributed by atoms with Gasteiger partial charge in [0.1, 0.15) is 5.82 Å². The van der Waals surface area contributed by atoms with Gasteiger partial charge in [0.15, 0.2) is 11.5 Å². The molecule has 28 heavy (non-hydrogen) atoms. The van der Waals surface area contributed by atoms with E-state index in [4.69, 9.17) is 9.47 Å². The zero-order valence-electron chi connectivity index (χ0n) is 15.9. The molecule has 1 amide bonds. The molecule has 0 aliphatic carbocycles. The number of nitrogens with one attached hydrogen (secondary N) is 2. The molecule has 3 rings (SSSR count). The Morgan fingerprint density at radius 1 is 1.21 bits per heavy atom. The van der Waals surface area contributed by atoms with Gasteiger partial charge in [-0.3, -0.25) is 9.69 Å². The second kappa shape index (κ2) is 10.3. The molecule has 1 heterocycles. The molecule has 1 unspecified atom stereocenters. The highest BCUT2D eigenvalue weighted by Gasteiger charge is 2.25. The fourth-order valence-corrected chi connectivity index (χ4v) is 3.28. The van der Waals surface area contributed by atoms with Crippen molar-refractivity contribution in [3.8, 4) is 11.5 Å². The zero-order chi connectivity index (χ0) is 19.2. The van der Waals surface area contributed by atoms with E-state index in [0.29, 0.717) is 30.3 Å². The summed E-state index contributed by atoms with van der Waals surface area (Å²) in [6.45, 7) is 2.39. The maximum absolute atomic E-state index is 13.6. The molecule has 1 fully saturated rings. The number of ether oxygens (including phenoxy) is 2. The summed E-state index contributed by atoms with van der Waals surface area (Å²) in [5, 5.41) is 6.20. The van der Waals surface area contributed by atoms with E-state index in [-0.39, 0.29) is 36.7 Å². The Labute approximate surface area is 170 Å². The third-order valence-electron chi connectivity index (χ3n) is 4.60. The van der Waals surface area contributed by atoms with E-state index >= 15 is 0 Å². The molecular formula is C20H25ClFN3O3. The molecule has 152 valence electrons. The largest absolute Gasteiger partial charge is 0.493 e. The summed E-state index contributed by atoms with van der Waals surface area (Å²) in [6.07, 6.45) is 0. The predicted octanol–water partition coefficient (Wildman–Crippen LogP) is 2.85. The molecule has 1 saturated heterocycles. The topological polar surface area (TPSA) is 62.8 Å². The second-order valence-electron chi connectivity index (χ2n) is 6.36. The van der Waals surface area contributed by atoms with Crippen LogP contribution in [0.25, 0.3) is 0 Å². The SMILES string of the molecule is COc1ccc(NC(=O)CN2CCNCC2c2cccc(F)c2)cc1OC.Cl. The lowest BCUT2D eigenvalue weighted by atomic mass is 10.0. The van der Waals surface area contributed by atoms with Gasteiger partial charge in [0.25, 0.3) is 0 Å². The first-order valence-electron chi connectivity index (χ1n) is 8.83. The first-order chi connectivity index (χ1) is 13.1. The molecule has 1 aliphatic heterocycles. The third kappa shape index (κ3) is 5.34. The van der Waals surface area contributed by atoms with Gasteiger partial charge >= 0.3 is 0 Å². The monoisotopic (exact) mass is 409 g/mol. The molecule has 1 aliphatic rings. The van der Waals surface area contributed by atoms with E-state index < -0.39 is 0 Å². The third-order valence-corrected chi connectivity index (χ3v) is 4.60. The van der Waals surface area contributed by atoms with Crippen molar-refractivity contribution in [2.24, 2.45) is 0 Å². The summed E-state index contributed by atoms with van der Waals surface area (Å²) >= 11 is 0. The Morgan fingerprint density at radius 3 is 2.71 bits per heavy atom. The van der Waals surface area contributed by atoms with Crippen LogP contribution in [0.1, 0.15) is 11.6 Å². The number of hydrogen-bond acceptors (Lipinski definition) is 5. The van der Waals surface area contributed by atoms with Crippen molar-refractivity contribution < 1.29 is 18.7 Å². The average molecular weight is 410 g/mol. The number of benzene rings is 2. The number of methoxy groups -OCH3 is 2. The van der Waals surface area contributed by atoms with Crippen LogP contribution in [0.2, 0.25) is 0 Å². The van der Waals surface area contributed by atoms with E-state index in [0.717, 1.165) is 12.1 Å². The van der Waals surface area contributed by atoms with Gasteiger partial charge < -0.3 is 20.1 Å². The predicted molar refractivity (Wildman–Crippen MR) is 109 cm³/mol. The Hall–Kier alpha value is -2.35. The summed E-state index contributed by atoms with van der Waals surface area (Å²) < 4.78 is 24.1. The van der Waals surface area contributed by atoms with Gasteiger partial charge in [-0.05, 0) is 29.8 Å². The van der Waals surface area contributed by atoms with E-state index in [1.165, 1.54) is 12.1 Å². The number of rotatable bonds is 6. The number of carbonyl (C=O) groups excluding carboxylic acids is 1. The van der Waals surface area contributed by atoms with Gasteiger partial charge in [-0.25, -0.2) is 4.39 Å². The van der Waals surface area contributed by atoms with E-state index in [1.807, 2.05) is 6.07 Å². The fourth-order valence-electron chi connectivity index (χ4n) is 3.28. The van der Waals surface area contributed by atoms with Crippen LogP contribution in [0.4, 0.5) is 10.1 Å². The highest BCUT2D eigenvalue weighted by atomic mass is 35.5. The molecule has 8 heteroatoms. The van der Waals surface area contributed by atoms with Crippen molar-refractivity contribution in [3.63, 3.8) is 0 Å². The molecule has 2 N–H and O–H groups in total. The van der Waals surface area contributed by atoms with Crippen LogP contribution in [-0.2, 0) is 4.79 Å². The molecular weight excluding hydrogens is 385 g/mol. The second-order valence-corrected chi connectivity index (χ2v) is 6.36. The maximum atomic E-state index is 13.6. The molecule has 0 radical (unpaired) electrons. The summed E-state index contributed by atoms with van der Waals surface area (Å²) in [4.78, 5) is 14.6. The minimum absolute atomic E-state index is 0. The van der Waals surface area contributed by atoms with Crippen LogP contribution >= 0.6 is 12.4 Å². The lowest BCUT2D eigenvalue weighted by Crippen LogP contribution is -2.48. The number of amides is 1. The van der Waals surface area contributed by atoms with Crippen LogP contribution in [0.15, 0.2) is 42.5 Å². The molecule has 0 aromatic heterocycles. The van der Waals surface area contributed by atoms with Crippen molar-refractivity contribution in [2.45, 2.75) is 6.04 Å². The molecule has 1 atom stereocenters. The number of anilines is 1. The van der Waals surface area contributed by atoms with Crippen LogP contribution < -0.4 is 20.1 Å². The Morgan fingerprint density at radius 2 is 2.00 bits per heavy atom. The quantitative estimate of drug-likeness (QED) is 0.768. The fraction of sp³-hybridized carbons (Fsp3) is 0.350. The van der Waals surface area contributed by atoms with E-state index in [9.17, 15) is 9.18 Å². The smallest absolute Gasteiger partial charge is 0.238 e. The van der Waals surface area contributed by atoms with Gasteiger partial charge in [-0.2, -0.15) is 0 Å². The lowest BCUT2D eigenvalue weighted by molar-refractivity contribution is -0.118. The Bertz CT molecular complexity index is 806. The standard InChI is InChI=1S/C20H24FN3O3.ClH/c1-26-18-7-6-16(11-19(18)27-2)23-20(25)13-24-9-8-22-12-17(24)14-4-3-5-15(21)10-14;/h3-7,10-11,17,22H,8-9,12-13H2,1-2H3,(H,23,25);1H. The normalized spacial score (nSPS) is 16.8. The molecule has 2 aromatic rings. The molecule has 6 nitrogen and oxygen atoms in total.